The van der Waals surface area contributed by atoms with Crippen LogP contribution in [0.15, 0.2) is 23.9 Å². The van der Waals surface area contributed by atoms with Crippen LogP contribution in [0.3, 0.4) is 0 Å². The van der Waals surface area contributed by atoms with Gasteiger partial charge in [0, 0.05) is 5.70 Å². The fourth-order valence-electron chi connectivity index (χ4n) is 1.16. The number of aliphatic carboxylic acids is 1. The largest absolute Gasteiger partial charge is 0.479 e. The molecular formula is C7H7NO3. The van der Waals surface area contributed by atoms with E-state index in [1.165, 1.54) is 6.08 Å². The molecule has 1 aliphatic heterocycles. The van der Waals surface area contributed by atoms with E-state index in [1.54, 1.807) is 12.2 Å². The average molecular weight is 153 g/mol. The molecule has 0 aromatic carbocycles. The van der Waals surface area contributed by atoms with Crippen LogP contribution < -0.4 is 5.73 Å². The van der Waals surface area contributed by atoms with E-state index in [0.717, 1.165) is 0 Å². The van der Waals surface area contributed by atoms with Crippen LogP contribution in [0.1, 0.15) is 0 Å². The first kappa shape index (κ1) is 6.42. The van der Waals surface area contributed by atoms with Crippen molar-refractivity contribution in [2.75, 3.05) is 0 Å². The molecule has 1 saturated heterocycles. The molecule has 4 heteroatoms. The van der Waals surface area contributed by atoms with Gasteiger partial charge in [-0.2, -0.15) is 0 Å². The van der Waals surface area contributed by atoms with Crippen LogP contribution in [0.25, 0.3) is 0 Å². The van der Waals surface area contributed by atoms with Gasteiger partial charge in [-0.05, 0) is 18.2 Å². The molecule has 0 radical (unpaired) electrons. The monoisotopic (exact) mass is 153 g/mol. The second-order valence-electron chi connectivity index (χ2n) is 2.64. The van der Waals surface area contributed by atoms with Crippen LogP contribution in [-0.2, 0) is 9.53 Å². The number of rotatable bonds is 1. The summed E-state index contributed by atoms with van der Waals surface area (Å²) in [7, 11) is 0. The van der Waals surface area contributed by atoms with E-state index >= 15 is 0 Å². The number of nitrogens with two attached hydrogens (primary N) is 1. The number of carbonyl (C=O) groups is 1. The lowest BCUT2D eigenvalue weighted by atomic mass is 10.00. The summed E-state index contributed by atoms with van der Waals surface area (Å²) in [6.07, 6.45) is 4.28. The minimum Gasteiger partial charge on any atom is -0.479 e. The van der Waals surface area contributed by atoms with Gasteiger partial charge < -0.3 is 15.6 Å². The number of carboxylic acid groups (broad SMARTS) is 1. The van der Waals surface area contributed by atoms with Crippen molar-refractivity contribution in [1.29, 1.82) is 0 Å². The van der Waals surface area contributed by atoms with Gasteiger partial charge in [-0.3, -0.25) is 0 Å². The quantitative estimate of drug-likeness (QED) is 0.503. The van der Waals surface area contributed by atoms with Crippen molar-refractivity contribution < 1.29 is 14.6 Å². The van der Waals surface area contributed by atoms with Gasteiger partial charge in [0.25, 0.3) is 0 Å². The molecule has 0 saturated carbocycles. The minimum absolute atomic E-state index is 0.356. The summed E-state index contributed by atoms with van der Waals surface area (Å²) in [5.41, 5.74) is 4.88. The number of hydrogen-bond acceptors (Lipinski definition) is 3. The third-order valence-corrected chi connectivity index (χ3v) is 1.89. The van der Waals surface area contributed by atoms with E-state index < -0.39 is 11.6 Å². The molecule has 2 atom stereocenters. The minimum atomic E-state index is -1.09. The normalized spacial score (nSPS) is 39.3. The molecule has 11 heavy (non-hydrogen) atoms. The zero-order valence-electron chi connectivity index (χ0n) is 5.65. The third kappa shape index (κ3) is 0.698. The van der Waals surface area contributed by atoms with Crippen molar-refractivity contribution in [3.8, 4) is 0 Å². The Balaban J connectivity index is 2.30. The average Bonchev–Trinajstić information content (AvgIpc) is 2.62. The number of allylic oxidation sites excluding steroid dienone is 1. The molecule has 2 rings (SSSR count). The second kappa shape index (κ2) is 1.65. The standard InChI is InChI=1S/C7H7NO3/c8-4-1-2-7(6(9)10)5(3-4)11-7/h1-3,5H,8H2,(H,9,10). The van der Waals surface area contributed by atoms with Crippen molar-refractivity contribution in [1.82, 2.24) is 0 Å². The summed E-state index contributed by atoms with van der Waals surface area (Å²) < 4.78 is 4.95. The molecule has 0 amide bonds. The molecule has 2 aliphatic rings. The summed E-state index contributed by atoms with van der Waals surface area (Å²) >= 11 is 0. The lowest BCUT2D eigenvalue weighted by Gasteiger charge is -2.03. The molecule has 1 fully saturated rings. The maximum absolute atomic E-state index is 10.6. The predicted octanol–water partition coefficient (Wildman–Crippen LogP) is -0.379. The highest BCUT2D eigenvalue weighted by Crippen LogP contribution is 2.41. The maximum atomic E-state index is 10.6. The van der Waals surface area contributed by atoms with Gasteiger partial charge in [0.1, 0.15) is 6.10 Å². The second-order valence-corrected chi connectivity index (χ2v) is 2.64. The fraction of sp³-hybridized carbons (Fsp3) is 0.286. The SMILES string of the molecule is NC1=CC2OC2(C(=O)O)C=C1. The van der Waals surface area contributed by atoms with Gasteiger partial charge in [0.05, 0.1) is 0 Å². The van der Waals surface area contributed by atoms with E-state index in [9.17, 15) is 4.79 Å². The Morgan fingerprint density at radius 3 is 3.09 bits per heavy atom. The molecule has 0 bridgehead atoms. The van der Waals surface area contributed by atoms with Crippen LogP contribution in [0.5, 0.6) is 0 Å². The lowest BCUT2D eigenvalue weighted by molar-refractivity contribution is -0.141. The maximum Gasteiger partial charge on any atom is 0.343 e. The van der Waals surface area contributed by atoms with Crippen LogP contribution in [0.4, 0.5) is 0 Å². The first-order chi connectivity index (χ1) is 5.15. The lowest BCUT2D eigenvalue weighted by Crippen LogP contribution is -2.26. The molecule has 1 aliphatic carbocycles. The highest BCUT2D eigenvalue weighted by molar-refractivity contribution is 5.85. The Morgan fingerprint density at radius 2 is 2.55 bits per heavy atom. The van der Waals surface area contributed by atoms with Gasteiger partial charge in [0.15, 0.2) is 0 Å². The van der Waals surface area contributed by atoms with Crippen LogP contribution in [-0.4, -0.2) is 22.8 Å². The first-order valence-corrected chi connectivity index (χ1v) is 3.23. The summed E-state index contributed by atoms with van der Waals surface area (Å²) in [5.74, 6) is -0.956. The Morgan fingerprint density at radius 1 is 1.82 bits per heavy atom. The number of hydrogen-bond donors (Lipinski definition) is 2. The summed E-state index contributed by atoms with van der Waals surface area (Å²) in [4.78, 5) is 10.6. The topological polar surface area (TPSA) is 75.8 Å². The summed E-state index contributed by atoms with van der Waals surface area (Å²) in [5, 5.41) is 8.68. The number of carboxylic acids is 1. The number of epoxide rings is 1. The van der Waals surface area contributed by atoms with Gasteiger partial charge in [0.2, 0.25) is 5.60 Å². The molecule has 4 nitrogen and oxygen atoms in total. The van der Waals surface area contributed by atoms with Crippen molar-refractivity contribution >= 4 is 5.97 Å². The van der Waals surface area contributed by atoms with Crippen LogP contribution >= 0.6 is 0 Å². The highest BCUT2D eigenvalue weighted by atomic mass is 16.6. The zero-order chi connectivity index (χ0) is 8.06. The van der Waals surface area contributed by atoms with E-state index in [2.05, 4.69) is 0 Å². The molecule has 58 valence electrons. The van der Waals surface area contributed by atoms with Crippen molar-refractivity contribution in [2.45, 2.75) is 11.7 Å². The highest BCUT2D eigenvalue weighted by Gasteiger charge is 2.61. The first-order valence-electron chi connectivity index (χ1n) is 3.23. The Labute approximate surface area is 62.9 Å². The third-order valence-electron chi connectivity index (χ3n) is 1.89. The van der Waals surface area contributed by atoms with Crippen LogP contribution in [0, 0.1) is 0 Å². The van der Waals surface area contributed by atoms with Crippen molar-refractivity contribution in [3.63, 3.8) is 0 Å². The van der Waals surface area contributed by atoms with Gasteiger partial charge in [-0.1, -0.05) is 0 Å². The molecular weight excluding hydrogens is 146 g/mol. The zero-order valence-corrected chi connectivity index (χ0v) is 5.65. The van der Waals surface area contributed by atoms with Crippen molar-refractivity contribution in [3.05, 3.63) is 23.9 Å². The molecule has 0 aromatic rings. The predicted molar refractivity (Wildman–Crippen MR) is 36.7 cm³/mol. The van der Waals surface area contributed by atoms with Gasteiger partial charge in [-0.25, -0.2) is 4.79 Å². The van der Waals surface area contributed by atoms with E-state index in [0.29, 0.717) is 5.70 Å². The Kier molecular flexibility index (Phi) is 0.964. The van der Waals surface area contributed by atoms with Crippen LogP contribution in [0.2, 0.25) is 0 Å². The number of ether oxygens (including phenoxy) is 1. The fourth-order valence-corrected chi connectivity index (χ4v) is 1.16. The summed E-state index contributed by atoms with van der Waals surface area (Å²) in [6.45, 7) is 0. The Hall–Kier alpha value is -1.29. The molecule has 0 spiro atoms. The van der Waals surface area contributed by atoms with E-state index in [1.807, 2.05) is 0 Å². The van der Waals surface area contributed by atoms with Gasteiger partial charge >= 0.3 is 5.97 Å². The van der Waals surface area contributed by atoms with E-state index in [4.69, 9.17) is 15.6 Å². The molecule has 1 heterocycles. The smallest absolute Gasteiger partial charge is 0.343 e. The van der Waals surface area contributed by atoms with E-state index in [-0.39, 0.29) is 6.10 Å². The molecule has 0 aromatic heterocycles. The van der Waals surface area contributed by atoms with Crippen molar-refractivity contribution in [2.24, 2.45) is 5.73 Å². The molecule has 3 N–H and O–H groups in total. The van der Waals surface area contributed by atoms with Gasteiger partial charge in [-0.15, -0.1) is 0 Å². The number of fused-ring (bicyclic) bond motifs is 1. The Bertz CT molecular complexity index is 281. The molecule has 2 unspecified atom stereocenters. The summed E-state index contributed by atoms with van der Waals surface area (Å²) in [6, 6.07) is 0.